The van der Waals surface area contributed by atoms with Crippen molar-refractivity contribution in [2.45, 2.75) is 0 Å². The first-order chi connectivity index (χ1) is 1.41. The Hall–Kier alpha value is 0.366. The first-order valence-electron chi connectivity index (χ1n) is 0.454. The zero-order valence-electron chi connectivity index (χ0n) is 1.36. The second kappa shape index (κ2) is 10.1. The molecule has 0 heterocycles. The molecule has 0 rings (SSSR count). The molecule has 1 nitrogen and oxygen atoms in total. The van der Waals surface area contributed by atoms with Crippen LogP contribution in [0.5, 0.6) is 0 Å². The summed E-state index contributed by atoms with van der Waals surface area (Å²) in [4.78, 5) is 8.14. The molecule has 0 aromatic carbocycles. The van der Waals surface area contributed by atoms with E-state index in [9.17, 15) is 4.39 Å². The Labute approximate surface area is 39.3 Å². The van der Waals surface area contributed by atoms with Crippen LogP contribution in [0.2, 0.25) is 0 Å². The molecule has 0 saturated heterocycles. The van der Waals surface area contributed by atoms with Gasteiger partial charge < -0.3 is 0 Å². The lowest BCUT2D eigenvalue weighted by molar-refractivity contribution is 0.510. The van der Waals surface area contributed by atoms with Gasteiger partial charge in [0.1, 0.15) is 0 Å². The van der Waals surface area contributed by atoms with E-state index >= 15 is 0 Å². The highest BCUT2D eigenvalue weighted by Crippen LogP contribution is 1.27. The SMILES string of the molecule is O=CF.[MgH2]. The standard InChI is InChI=1S/CHFO.Mg.2H/c2-1-3;;;/h1H;;;. The first kappa shape index (κ1) is 8.84. The minimum atomic E-state index is -0.750. The molecular formula is CH3FMgO. The van der Waals surface area contributed by atoms with Gasteiger partial charge in [-0.3, -0.25) is 4.79 Å². The Morgan fingerprint density at radius 2 is 1.75 bits per heavy atom. The molecule has 0 unspecified atom stereocenters. The van der Waals surface area contributed by atoms with E-state index in [4.69, 9.17) is 4.79 Å². The number of carbonyl (C=O) groups excluding carboxylic acids is 1. The molecule has 0 aromatic rings. The van der Waals surface area contributed by atoms with Crippen LogP contribution in [-0.2, 0) is 4.79 Å². The van der Waals surface area contributed by atoms with Crippen LogP contribution in [0.1, 0.15) is 0 Å². The van der Waals surface area contributed by atoms with Crippen molar-refractivity contribution in [3.05, 3.63) is 0 Å². The average Bonchev–Trinajstić information content (AvgIpc) is 0.918. The number of hydrogen-bond donors (Lipinski definition) is 0. The third-order valence-electron chi connectivity index (χ3n) is 0. The lowest BCUT2D eigenvalue weighted by atomic mass is 11.8. The van der Waals surface area contributed by atoms with Gasteiger partial charge in [0.15, 0.2) is 0 Å². The van der Waals surface area contributed by atoms with Crippen LogP contribution in [0.4, 0.5) is 4.39 Å². The van der Waals surface area contributed by atoms with Crippen LogP contribution >= 0.6 is 0 Å². The van der Waals surface area contributed by atoms with Gasteiger partial charge in [-0.15, -0.1) is 0 Å². The van der Waals surface area contributed by atoms with Crippen LogP contribution in [-0.4, -0.2) is 29.6 Å². The van der Waals surface area contributed by atoms with E-state index < -0.39 is 6.54 Å². The fourth-order valence-electron chi connectivity index (χ4n) is 0. The molecule has 0 N–H and O–H groups in total. The minimum Gasteiger partial charge on any atom is -0.265 e. The average molecular weight is 74.3 g/mol. The van der Waals surface area contributed by atoms with Gasteiger partial charge in [-0.05, 0) is 0 Å². The highest BCUT2D eigenvalue weighted by Gasteiger charge is 1.29. The molecule has 0 bridgehead atoms. The van der Waals surface area contributed by atoms with Crippen molar-refractivity contribution in [3.63, 3.8) is 0 Å². The summed E-state index contributed by atoms with van der Waals surface area (Å²) < 4.78 is 9.61. The van der Waals surface area contributed by atoms with Crippen molar-refractivity contribution in [1.82, 2.24) is 0 Å². The second-order valence-electron chi connectivity index (χ2n) is 0.0891. The third kappa shape index (κ3) is 32.9. The smallest absolute Gasteiger partial charge is 0.265 e. The third-order valence-corrected chi connectivity index (χ3v) is 0. The summed E-state index contributed by atoms with van der Waals surface area (Å²) in [6.07, 6.45) is 0. The van der Waals surface area contributed by atoms with Crippen LogP contribution in [0.3, 0.4) is 0 Å². The number of carbonyl (C=O) groups is 1. The predicted octanol–water partition coefficient (Wildman–Crippen LogP) is -0.770. The highest BCUT2D eigenvalue weighted by atomic mass is 24.3. The fourth-order valence-corrected chi connectivity index (χ4v) is 0. The molecule has 0 fully saturated rings. The van der Waals surface area contributed by atoms with Gasteiger partial charge in [0.25, 0.3) is 6.54 Å². The monoisotopic (exact) mass is 74.0 g/mol. The summed E-state index contributed by atoms with van der Waals surface area (Å²) in [6.45, 7) is -0.750. The Kier molecular flexibility index (Phi) is 22.3. The number of rotatable bonds is 0. The molecule has 0 amide bonds. The molecule has 0 aliphatic heterocycles. The van der Waals surface area contributed by atoms with Gasteiger partial charge in [0.2, 0.25) is 0 Å². The lowest BCUT2D eigenvalue weighted by Gasteiger charge is -1.21. The van der Waals surface area contributed by atoms with Crippen LogP contribution in [0, 0.1) is 0 Å². The van der Waals surface area contributed by atoms with E-state index in [0.29, 0.717) is 0 Å². The Morgan fingerprint density at radius 1 is 1.75 bits per heavy atom. The molecular weight excluding hydrogens is 71.3 g/mol. The van der Waals surface area contributed by atoms with E-state index in [1.54, 1.807) is 0 Å². The summed E-state index contributed by atoms with van der Waals surface area (Å²) in [5, 5.41) is 0. The summed E-state index contributed by atoms with van der Waals surface area (Å²) in [5.41, 5.74) is 0. The van der Waals surface area contributed by atoms with Gasteiger partial charge >= 0.3 is 23.1 Å². The van der Waals surface area contributed by atoms with E-state index in [0.717, 1.165) is 0 Å². The normalized spacial score (nSPS) is 3.25. The van der Waals surface area contributed by atoms with Gasteiger partial charge in [-0.25, -0.2) is 0 Å². The van der Waals surface area contributed by atoms with Crippen LogP contribution in [0.25, 0.3) is 0 Å². The van der Waals surface area contributed by atoms with Crippen molar-refractivity contribution >= 4 is 29.6 Å². The Morgan fingerprint density at radius 3 is 1.75 bits per heavy atom. The van der Waals surface area contributed by atoms with Gasteiger partial charge in [-0.2, -0.15) is 4.39 Å². The molecule has 3 heteroatoms. The molecule has 4 heavy (non-hydrogen) atoms. The van der Waals surface area contributed by atoms with E-state index in [2.05, 4.69) is 0 Å². The molecule has 0 atom stereocenters. The van der Waals surface area contributed by atoms with Crippen molar-refractivity contribution in [1.29, 1.82) is 0 Å². The maximum Gasteiger partial charge on any atom is 0.316 e. The number of hydrogen-bond acceptors (Lipinski definition) is 1. The van der Waals surface area contributed by atoms with Crippen molar-refractivity contribution in [3.8, 4) is 0 Å². The molecule has 22 valence electrons. The van der Waals surface area contributed by atoms with Gasteiger partial charge in [0.05, 0.1) is 0 Å². The molecule has 0 radical (unpaired) electrons. The van der Waals surface area contributed by atoms with Crippen LogP contribution in [0.15, 0.2) is 0 Å². The Balaban J connectivity index is 0. The number of halogens is 1. The van der Waals surface area contributed by atoms with E-state index in [1.165, 1.54) is 0 Å². The molecule has 0 saturated carbocycles. The lowest BCUT2D eigenvalue weighted by Crippen LogP contribution is -1.29. The van der Waals surface area contributed by atoms with Crippen molar-refractivity contribution < 1.29 is 9.18 Å². The minimum absolute atomic E-state index is 0. The molecule has 0 aromatic heterocycles. The molecule has 0 spiro atoms. The summed E-state index contributed by atoms with van der Waals surface area (Å²) in [6, 6.07) is 0. The quantitative estimate of drug-likeness (QED) is 0.209. The zero-order chi connectivity index (χ0) is 2.71. The highest BCUT2D eigenvalue weighted by molar-refractivity contribution is 5.75. The summed E-state index contributed by atoms with van der Waals surface area (Å²) in [5.74, 6) is 0. The predicted molar refractivity (Wildman–Crippen MR) is 16.4 cm³/mol. The Bertz CT molecular complexity index is 15.5. The maximum atomic E-state index is 9.61. The first-order valence-corrected chi connectivity index (χ1v) is 0.454. The largest absolute Gasteiger partial charge is 0.316 e. The van der Waals surface area contributed by atoms with Crippen molar-refractivity contribution in [2.75, 3.05) is 0 Å². The molecule has 0 aliphatic rings. The summed E-state index contributed by atoms with van der Waals surface area (Å²) >= 11 is 0. The topological polar surface area (TPSA) is 17.1 Å². The maximum absolute atomic E-state index is 9.61. The van der Waals surface area contributed by atoms with E-state index in [-0.39, 0.29) is 23.1 Å². The van der Waals surface area contributed by atoms with Crippen molar-refractivity contribution in [2.24, 2.45) is 0 Å². The molecule has 0 aliphatic carbocycles. The zero-order valence-corrected chi connectivity index (χ0v) is 1.36. The summed E-state index contributed by atoms with van der Waals surface area (Å²) in [7, 11) is 0. The van der Waals surface area contributed by atoms with E-state index in [1.807, 2.05) is 0 Å². The fraction of sp³-hybridized carbons (Fsp3) is 0. The van der Waals surface area contributed by atoms with Crippen LogP contribution < -0.4 is 0 Å². The second-order valence-corrected chi connectivity index (χ2v) is 0.0891. The van der Waals surface area contributed by atoms with Gasteiger partial charge in [0, 0.05) is 0 Å². The van der Waals surface area contributed by atoms with Gasteiger partial charge in [-0.1, -0.05) is 0 Å².